The summed E-state index contributed by atoms with van der Waals surface area (Å²) >= 11 is 0. The number of rotatable bonds is 4. The summed E-state index contributed by atoms with van der Waals surface area (Å²) in [4.78, 5) is 0.407. The number of hydrogen-bond donors (Lipinski definition) is 2. The third-order valence-corrected chi connectivity index (χ3v) is 6.81. The van der Waals surface area contributed by atoms with Gasteiger partial charge < -0.3 is 0 Å². The first-order chi connectivity index (χ1) is 10.8. The maximum absolute atomic E-state index is 11.9. The zero-order valence-electron chi connectivity index (χ0n) is 12.6. The summed E-state index contributed by atoms with van der Waals surface area (Å²) in [6, 6.07) is 9.89. The lowest BCUT2D eigenvalue weighted by molar-refractivity contribution is 0.586. The largest absolute Gasteiger partial charge is 0.240 e. The number of fused-ring (bicyclic) bond motifs is 3. The predicted octanol–water partition coefficient (Wildman–Crippen LogP) is 1.07. The molecule has 0 aromatic heterocycles. The second-order valence-electron chi connectivity index (χ2n) is 5.23. The van der Waals surface area contributed by atoms with E-state index in [-0.39, 0.29) is 9.79 Å². The zero-order valence-corrected chi connectivity index (χ0v) is 14.3. The van der Waals surface area contributed by atoms with Crippen LogP contribution in [0, 0.1) is 0 Å². The van der Waals surface area contributed by atoms with Crippen LogP contribution in [0.5, 0.6) is 0 Å². The molecule has 122 valence electrons. The van der Waals surface area contributed by atoms with Crippen molar-refractivity contribution < 1.29 is 16.8 Å². The highest BCUT2D eigenvalue weighted by Crippen LogP contribution is 2.38. The summed E-state index contributed by atoms with van der Waals surface area (Å²) in [6.07, 6.45) is 0.505. The monoisotopic (exact) mass is 352 g/mol. The Kier molecular flexibility index (Phi) is 3.80. The van der Waals surface area contributed by atoms with Crippen LogP contribution in [0.1, 0.15) is 11.1 Å². The Balaban J connectivity index is 2.08. The van der Waals surface area contributed by atoms with E-state index in [4.69, 9.17) is 0 Å². The highest BCUT2D eigenvalue weighted by Gasteiger charge is 2.23. The van der Waals surface area contributed by atoms with Crippen LogP contribution in [-0.2, 0) is 26.5 Å². The Labute approximate surface area is 135 Å². The Hall–Kier alpha value is -1.74. The maximum atomic E-state index is 11.9. The van der Waals surface area contributed by atoms with E-state index in [1.807, 2.05) is 0 Å². The highest BCUT2D eigenvalue weighted by atomic mass is 32.2. The Morgan fingerprint density at radius 3 is 1.48 bits per heavy atom. The van der Waals surface area contributed by atoms with Gasteiger partial charge in [-0.2, -0.15) is 0 Å². The summed E-state index contributed by atoms with van der Waals surface area (Å²) in [5, 5.41) is 0. The molecule has 0 aliphatic heterocycles. The molecule has 0 fully saturated rings. The van der Waals surface area contributed by atoms with Gasteiger partial charge in [0.15, 0.2) is 0 Å². The molecular formula is C15H16N2O4S2. The number of sulfonamides is 2. The van der Waals surface area contributed by atoms with Crippen LogP contribution in [0.2, 0.25) is 0 Å². The first kappa shape index (κ1) is 16.1. The van der Waals surface area contributed by atoms with E-state index >= 15 is 0 Å². The Bertz CT molecular complexity index is 915. The van der Waals surface area contributed by atoms with Gasteiger partial charge in [0.25, 0.3) is 0 Å². The molecule has 8 heteroatoms. The van der Waals surface area contributed by atoms with Gasteiger partial charge >= 0.3 is 0 Å². The fraction of sp³-hybridized carbons (Fsp3) is 0.200. The van der Waals surface area contributed by atoms with E-state index in [0.717, 1.165) is 22.3 Å². The molecule has 6 nitrogen and oxygen atoms in total. The molecule has 0 amide bonds. The van der Waals surface area contributed by atoms with Crippen LogP contribution in [0.4, 0.5) is 0 Å². The van der Waals surface area contributed by atoms with Gasteiger partial charge in [0.1, 0.15) is 0 Å². The molecule has 0 heterocycles. The van der Waals surface area contributed by atoms with Crippen LogP contribution in [0.3, 0.4) is 0 Å². The molecule has 0 spiro atoms. The summed E-state index contributed by atoms with van der Waals surface area (Å²) in [6.45, 7) is 0. The Morgan fingerprint density at radius 2 is 1.13 bits per heavy atom. The second kappa shape index (κ2) is 5.41. The molecule has 2 aromatic carbocycles. The number of hydrogen-bond acceptors (Lipinski definition) is 4. The van der Waals surface area contributed by atoms with Gasteiger partial charge in [-0.05, 0) is 67.0 Å². The molecule has 2 N–H and O–H groups in total. The van der Waals surface area contributed by atoms with E-state index in [9.17, 15) is 16.8 Å². The van der Waals surface area contributed by atoms with Gasteiger partial charge in [0.05, 0.1) is 9.79 Å². The van der Waals surface area contributed by atoms with E-state index in [0.29, 0.717) is 6.42 Å². The molecule has 0 saturated heterocycles. The molecule has 0 bridgehead atoms. The summed E-state index contributed by atoms with van der Waals surface area (Å²) < 4.78 is 52.2. The van der Waals surface area contributed by atoms with E-state index in [2.05, 4.69) is 9.44 Å². The van der Waals surface area contributed by atoms with Crippen molar-refractivity contribution >= 4 is 20.0 Å². The van der Waals surface area contributed by atoms with Gasteiger partial charge in [0.2, 0.25) is 20.0 Å². The van der Waals surface area contributed by atoms with Crippen molar-refractivity contribution in [1.29, 1.82) is 0 Å². The number of benzene rings is 2. The molecule has 0 radical (unpaired) electrons. The van der Waals surface area contributed by atoms with Gasteiger partial charge in [-0.15, -0.1) is 0 Å². The first-order valence-corrected chi connectivity index (χ1v) is 9.88. The minimum Gasteiger partial charge on any atom is -0.214 e. The van der Waals surface area contributed by atoms with Crippen molar-refractivity contribution in [3.05, 3.63) is 47.5 Å². The minimum absolute atomic E-state index is 0.203. The fourth-order valence-corrected chi connectivity index (χ4v) is 4.29. The van der Waals surface area contributed by atoms with Crippen molar-refractivity contribution in [2.24, 2.45) is 0 Å². The summed E-state index contributed by atoms with van der Waals surface area (Å²) in [7, 11) is -4.26. The van der Waals surface area contributed by atoms with Gasteiger partial charge in [-0.25, -0.2) is 26.3 Å². The predicted molar refractivity (Wildman–Crippen MR) is 87.2 cm³/mol. The smallest absolute Gasteiger partial charge is 0.214 e. The molecule has 3 rings (SSSR count). The molecule has 0 saturated carbocycles. The van der Waals surface area contributed by atoms with E-state index in [1.54, 1.807) is 36.4 Å². The van der Waals surface area contributed by atoms with Crippen molar-refractivity contribution in [3.63, 3.8) is 0 Å². The lowest BCUT2D eigenvalue weighted by Gasteiger charge is -2.06. The molecule has 0 unspecified atom stereocenters. The molecule has 23 heavy (non-hydrogen) atoms. The molecule has 1 aliphatic carbocycles. The normalized spacial score (nSPS) is 13.7. The van der Waals surface area contributed by atoms with Crippen LogP contribution >= 0.6 is 0 Å². The average Bonchev–Trinajstić information content (AvgIpc) is 2.91. The SMILES string of the molecule is CNS(=O)(=O)c1ccc2c(c1)Cc1cc(S(=O)(=O)NC)ccc1-2. The fourth-order valence-electron chi connectivity index (χ4n) is 2.73. The van der Waals surface area contributed by atoms with Gasteiger partial charge in [-0.1, -0.05) is 12.1 Å². The highest BCUT2D eigenvalue weighted by molar-refractivity contribution is 7.89. The number of nitrogens with one attached hydrogen (secondary N) is 2. The first-order valence-electron chi connectivity index (χ1n) is 6.92. The Morgan fingerprint density at radius 1 is 0.739 bits per heavy atom. The minimum atomic E-state index is -3.50. The lowest BCUT2D eigenvalue weighted by atomic mass is 10.1. The van der Waals surface area contributed by atoms with Crippen molar-refractivity contribution in [2.75, 3.05) is 14.1 Å². The van der Waals surface area contributed by atoms with Crippen LogP contribution in [0.25, 0.3) is 11.1 Å². The van der Waals surface area contributed by atoms with E-state index < -0.39 is 20.0 Å². The van der Waals surface area contributed by atoms with Crippen molar-refractivity contribution in [1.82, 2.24) is 9.44 Å². The third-order valence-electron chi connectivity index (χ3n) is 3.98. The average molecular weight is 352 g/mol. The summed E-state index contributed by atoms with van der Waals surface area (Å²) in [5.41, 5.74) is 3.61. The maximum Gasteiger partial charge on any atom is 0.240 e. The topological polar surface area (TPSA) is 92.3 Å². The van der Waals surface area contributed by atoms with Crippen LogP contribution in [-0.4, -0.2) is 30.9 Å². The molecule has 1 aliphatic rings. The van der Waals surface area contributed by atoms with Crippen molar-refractivity contribution in [2.45, 2.75) is 16.2 Å². The third kappa shape index (κ3) is 2.67. The van der Waals surface area contributed by atoms with Crippen LogP contribution in [0.15, 0.2) is 46.2 Å². The van der Waals surface area contributed by atoms with Gasteiger partial charge in [-0.3, -0.25) is 0 Å². The molecule has 2 aromatic rings. The zero-order chi connectivity index (χ0) is 16.8. The summed E-state index contributed by atoms with van der Waals surface area (Å²) in [5.74, 6) is 0. The second-order valence-corrected chi connectivity index (χ2v) is 9.00. The van der Waals surface area contributed by atoms with Crippen molar-refractivity contribution in [3.8, 4) is 11.1 Å². The lowest BCUT2D eigenvalue weighted by Crippen LogP contribution is -2.18. The molecule has 0 atom stereocenters. The van der Waals surface area contributed by atoms with E-state index in [1.165, 1.54) is 14.1 Å². The quantitative estimate of drug-likeness (QED) is 0.735. The standard InChI is InChI=1S/C15H16N2O4S2/c1-16-22(18,19)12-3-5-14-10(8-12)7-11-9-13(4-6-15(11)14)23(20,21)17-2/h3-6,8-9,16-17H,7H2,1-2H3. The van der Waals surface area contributed by atoms with Crippen LogP contribution < -0.4 is 9.44 Å². The molecular weight excluding hydrogens is 336 g/mol. The van der Waals surface area contributed by atoms with Gasteiger partial charge in [0, 0.05) is 0 Å².